The summed E-state index contributed by atoms with van der Waals surface area (Å²) in [5.74, 6) is -0.333. The van der Waals surface area contributed by atoms with Crippen LogP contribution >= 0.6 is 11.3 Å². The van der Waals surface area contributed by atoms with E-state index in [9.17, 15) is 8.78 Å². The zero-order valence-electron chi connectivity index (χ0n) is 14.9. The minimum Gasteiger partial charge on any atom is -0.365 e. The maximum Gasteiger partial charge on any atom is 0.191 e. The van der Waals surface area contributed by atoms with Crippen LogP contribution in [0.15, 0.2) is 28.7 Å². The second kappa shape index (κ2) is 8.44. The van der Waals surface area contributed by atoms with Gasteiger partial charge in [0.15, 0.2) is 5.96 Å². The van der Waals surface area contributed by atoms with Gasteiger partial charge in [-0.05, 0) is 32.4 Å². The second-order valence-electron chi connectivity index (χ2n) is 6.20. The number of benzene rings is 1. The van der Waals surface area contributed by atoms with Crippen LogP contribution in [-0.4, -0.2) is 36.6 Å². The summed E-state index contributed by atoms with van der Waals surface area (Å²) in [4.78, 5) is 11.7. The molecule has 0 bridgehead atoms. The first-order chi connectivity index (χ1) is 12.6. The van der Waals surface area contributed by atoms with Crippen LogP contribution < -0.4 is 15.5 Å². The lowest BCUT2D eigenvalue weighted by Gasteiger charge is -2.21. The summed E-state index contributed by atoms with van der Waals surface area (Å²) in [5, 5.41) is 6.60. The van der Waals surface area contributed by atoms with Crippen molar-refractivity contribution in [2.75, 3.05) is 24.5 Å². The van der Waals surface area contributed by atoms with Gasteiger partial charge in [0.2, 0.25) is 0 Å². The Morgan fingerprint density at radius 3 is 2.81 bits per heavy atom. The molecule has 3 rings (SSSR count). The van der Waals surface area contributed by atoms with Crippen LogP contribution in [0.25, 0.3) is 0 Å². The molecular weight excluding hydrogens is 356 g/mol. The van der Waals surface area contributed by atoms with Crippen molar-refractivity contribution in [1.29, 1.82) is 0 Å². The standard InChI is InChI=1S/C18H23F2N5S/c1-3-21-18(22-9-16-12(2)23-11-26-16)24-13-7-8-25(10-13)17-14(19)5-4-6-15(17)20/h4-6,11,13H,3,7-10H2,1-2H3,(H2,21,22,24). The van der Waals surface area contributed by atoms with E-state index < -0.39 is 11.6 Å². The maximum atomic E-state index is 14.0. The van der Waals surface area contributed by atoms with E-state index in [1.165, 1.54) is 18.2 Å². The molecule has 0 spiro atoms. The molecule has 26 heavy (non-hydrogen) atoms. The molecule has 1 fully saturated rings. The van der Waals surface area contributed by atoms with Crippen molar-refractivity contribution in [2.24, 2.45) is 4.99 Å². The Labute approximate surface area is 156 Å². The number of aryl methyl sites for hydroxylation is 1. The highest BCUT2D eigenvalue weighted by Crippen LogP contribution is 2.26. The number of hydrogen-bond acceptors (Lipinski definition) is 4. The highest BCUT2D eigenvalue weighted by Gasteiger charge is 2.27. The van der Waals surface area contributed by atoms with Gasteiger partial charge in [0.25, 0.3) is 0 Å². The fourth-order valence-electron chi connectivity index (χ4n) is 3.01. The monoisotopic (exact) mass is 379 g/mol. The summed E-state index contributed by atoms with van der Waals surface area (Å²) in [6.45, 7) is 6.41. The topological polar surface area (TPSA) is 52.6 Å². The Bertz CT molecular complexity index is 756. The molecule has 1 atom stereocenters. The van der Waals surface area contributed by atoms with Crippen LogP contribution in [0.5, 0.6) is 0 Å². The van der Waals surface area contributed by atoms with E-state index in [0.29, 0.717) is 25.6 Å². The SMILES string of the molecule is CCNC(=NCc1scnc1C)NC1CCN(c2c(F)cccc2F)C1. The summed E-state index contributed by atoms with van der Waals surface area (Å²) in [6, 6.07) is 4.05. The lowest BCUT2D eigenvalue weighted by atomic mass is 10.2. The highest BCUT2D eigenvalue weighted by atomic mass is 32.1. The van der Waals surface area contributed by atoms with E-state index in [1.807, 2.05) is 19.4 Å². The van der Waals surface area contributed by atoms with Crippen LogP contribution in [0.1, 0.15) is 23.9 Å². The van der Waals surface area contributed by atoms with Crippen molar-refractivity contribution in [3.8, 4) is 0 Å². The number of anilines is 1. The van der Waals surface area contributed by atoms with Crippen molar-refractivity contribution in [2.45, 2.75) is 32.9 Å². The summed E-state index contributed by atoms with van der Waals surface area (Å²) < 4.78 is 28.0. The number of guanidine groups is 1. The van der Waals surface area contributed by atoms with Crippen molar-refractivity contribution in [3.05, 3.63) is 45.9 Å². The Morgan fingerprint density at radius 2 is 2.15 bits per heavy atom. The molecule has 5 nitrogen and oxygen atoms in total. The Hall–Kier alpha value is -2.22. The van der Waals surface area contributed by atoms with Gasteiger partial charge >= 0.3 is 0 Å². The molecule has 0 saturated carbocycles. The van der Waals surface area contributed by atoms with Crippen LogP contribution in [0.2, 0.25) is 0 Å². The highest BCUT2D eigenvalue weighted by molar-refractivity contribution is 7.09. The zero-order valence-corrected chi connectivity index (χ0v) is 15.7. The van der Waals surface area contributed by atoms with Crippen molar-refractivity contribution in [3.63, 3.8) is 0 Å². The number of thiazole rings is 1. The van der Waals surface area contributed by atoms with Crippen molar-refractivity contribution >= 4 is 23.0 Å². The Morgan fingerprint density at radius 1 is 1.38 bits per heavy atom. The van der Waals surface area contributed by atoms with Gasteiger partial charge in [-0.25, -0.2) is 18.8 Å². The third-order valence-corrected chi connectivity index (χ3v) is 5.27. The molecule has 1 aliphatic heterocycles. The number of rotatable bonds is 5. The van der Waals surface area contributed by atoms with Gasteiger partial charge in [-0.1, -0.05) is 6.07 Å². The van der Waals surface area contributed by atoms with E-state index in [1.54, 1.807) is 16.2 Å². The van der Waals surface area contributed by atoms with Gasteiger partial charge in [0, 0.05) is 30.6 Å². The van der Waals surface area contributed by atoms with Gasteiger partial charge in [-0.15, -0.1) is 11.3 Å². The zero-order chi connectivity index (χ0) is 18.5. The van der Waals surface area contributed by atoms with E-state index in [4.69, 9.17) is 0 Å². The van der Waals surface area contributed by atoms with Crippen LogP contribution in [0, 0.1) is 18.6 Å². The van der Waals surface area contributed by atoms with Crippen molar-refractivity contribution < 1.29 is 8.78 Å². The molecule has 1 saturated heterocycles. The summed E-state index contributed by atoms with van der Waals surface area (Å²) in [7, 11) is 0. The fourth-order valence-corrected chi connectivity index (χ4v) is 3.71. The first kappa shape index (κ1) is 18.6. The second-order valence-corrected chi connectivity index (χ2v) is 7.14. The van der Waals surface area contributed by atoms with Gasteiger partial charge in [0.05, 0.1) is 17.7 Å². The Kier molecular flexibility index (Phi) is 6.03. The molecule has 2 N–H and O–H groups in total. The molecular formula is C18H23F2N5S. The molecule has 1 aliphatic rings. The number of nitrogens with zero attached hydrogens (tertiary/aromatic N) is 3. The molecule has 8 heteroatoms. The average molecular weight is 379 g/mol. The number of aromatic nitrogens is 1. The maximum absolute atomic E-state index is 14.0. The minimum atomic E-state index is -0.521. The number of halogens is 2. The third-order valence-electron chi connectivity index (χ3n) is 4.35. The first-order valence-electron chi connectivity index (χ1n) is 8.71. The molecule has 0 radical (unpaired) electrons. The average Bonchev–Trinajstić information content (AvgIpc) is 3.22. The lowest BCUT2D eigenvalue weighted by molar-refractivity contribution is 0.576. The number of para-hydroxylation sites is 1. The van der Waals surface area contributed by atoms with Gasteiger partial charge < -0.3 is 15.5 Å². The smallest absolute Gasteiger partial charge is 0.191 e. The van der Waals surface area contributed by atoms with Gasteiger partial charge in [-0.2, -0.15) is 0 Å². The molecule has 0 amide bonds. The predicted molar refractivity (Wildman–Crippen MR) is 102 cm³/mol. The molecule has 1 aromatic carbocycles. The predicted octanol–water partition coefficient (Wildman–Crippen LogP) is 3.06. The minimum absolute atomic E-state index is 0.0547. The van der Waals surface area contributed by atoms with Crippen LogP contribution in [0.3, 0.4) is 0 Å². The summed E-state index contributed by atoms with van der Waals surface area (Å²) in [5.41, 5.74) is 2.87. The fraction of sp³-hybridized carbons (Fsp3) is 0.444. The molecule has 2 aromatic rings. The molecule has 1 unspecified atom stereocenters. The van der Waals surface area contributed by atoms with E-state index in [2.05, 4.69) is 20.6 Å². The number of nitrogens with one attached hydrogen (secondary N) is 2. The molecule has 0 aliphatic carbocycles. The summed E-state index contributed by atoms with van der Waals surface area (Å²) >= 11 is 1.59. The van der Waals surface area contributed by atoms with Gasteiger partial charge in [-0.3, -0.25) is 0 Å². The van der Waals surface area contributed by atoms with E-state index >= 15 is 0 Å². The normalized spacial score (nSPS) is 17.6. The summed E-state index contributed by atoms with van der Waals surface area (Å²) in [6.07, 6.45) is 0.789. The first-order valence-corrected chi connectivity index (χ1v) is 9.59. The number of hydrogen-bond donors (Lipinski definition) is 2. The van der Waals surface area contributed by atoms with E-state index in [0.717, 1.165) is 23.5 Å². The number of aliphatic imine (C=N–C) groups is 1. The lowest BCUT2D eigenvalue weighted by Crippen LogP contribution is -2.44. The van der Waals surface area contributed by atoms with Crippen LogP contribution in [0.4, 0.5) is 14.5 Å². The van der Waals surface area contributed by atoms with Crippen LogP contribution in [-0.2, 0) is 6.54 Å². The van der Waals surface area contributed by atoms with E-state index in [-0.39, 0.29) is 11.7 Å². The largest absolute Gasteiger partial charge is 0.365 e. The van der Waals surface area contributed by atoms with Gasteiger partial charge in [0.1, 0.15) is 17.3 Å². The molecule has 2 heterocycles. The Balaban J connectivity index is 1.64. The third kappa shape index (κ3) is 4.30. The molecule has 1 aromatic heterocycles. The molecule has 140 valence electrons. The van der Waals surface area contributed by atoms with Crippen molar-refractivity contribution in [1.82, 2.24) is 15.6 Å². The quantitative estimate of drug-likeness (QED) is 0.619.